The predicted octanol–water partition coefficient (Wildman–Crippen LogP) is 4.27. The van der Waals surface area contributed by atoms with Gasteiger partial charge in [-0.2, -0.15) is 0 Å². The van der Waals surface area contributed by atoms with Crippen molar-refractivity contribution in [1.29, 1.82) is 0 Å². The molecular formula is C20H15NO3S2. The molecule has 0 unspecified atom stereocenters. The van der Waals surface area contributed by atoms with E-state index in [4.69, 9.17) is 12.2 Å². The van der Waals surface area contributed by atoms with E-state index >= 15 is 0 Å². The summed E-state index contributed by atoms with van der Waals surface area (Å²) in [5.41, 5.74) is 1.52. The molecule has 0 saturated carbocycles. The zero-order chi connectivity index (χ0) is 18.5. The number of rotatable bonds is 5. The number of carboxylic acids is 1. The molecule has 2 aromatic rings. The highest BCUT2D eigenvalue weighted by Gasteiger charge is 2.41. The number of thiocarbonyl (C=S) groups is 1. The molecule has 0 bridgehead atoms. The molecule has 1 N–H and O–H groups in total. The van der Waals surface area contributed by atoms with Crippen LogP contribution in [0.4, 0.5) is 0 Å². The fourth-order valence-electron chi connectivity index (χ4n) is 2.56. The average Bonchev–Trinajstić information content (AvgIpc) is 2.91. The molecule has 4 nitrogen and oxygen atoms in total. The molecule has 3 rings (SSSR count). The van der Waals surface area contributed by atoms with Crippen LogP contribution in [0.3, 0.4) is 0 Å². The largest absolute Gasteiger partial charge is 0.479 e. The molecule has 1 fully saturated rings. The maximum atomic E-state index is 12.7. The first kappa shape index (κ1) is 18.1. The molecule has 1 amide bonds. The van der Waals surface area contributed by atoms with Crippen LogP contribution < -0.4 is 0 Å². The second-order valence-electron chi connectivity index (χ2n) is 5.50. The van der Waals surface area contributed by atoms with Gasteiger partial charge in [-0.3, -0.25) is 9.69 Å². The van der Waals surface area contributed by atoms with Crippen molar-refractivity contribution in [2.45, 2.75) is 6.04 Å². The molecule has 6 heteroatoms. The summed E-state index contributed by atoms with van der Waals surface area (Å²) in [7, 11) is 0. The van der Waals surface area contributed by atoms with Gasteiger partial charge < -0.3 is 5.11 Å². The van der Waals surface area contributed by atoms with Crippen molar-refractivity contribution in [3.8, 4) is 0 Å². The Kier molecular flexibility index (Phi) is 5.65. The van der Waals surface area contributed by atoms with Crippen LogP contribution in [0, 0.1) is 0 Å². The average molecular weight is 381 g/mol. The summed E-state index contributed by atoms with van der Waals surface area (Å²) in [6.45, 7) is 0. The Balaban J connectivity index is 1.85. The lowest BCUT2D eigenvalue weighted by molar-refractivity contribution is -0.145. The van der Waals surface area contributed by atoms with Gasteiger partial charge in [0.15, 0.2) is 6.04 Å². The molecule has 2 aromatic carbocycles. The van der Waals surface area contributed by atoms with Gasteiger partial charge in [0.1, 0.15) is 4.32 Å². The van der Waals surface area contributed by atoms with E-state index in [0.29, 0.717) is 10.5 Å². The van der Waals surface area contributed by atoms with Crippen LogP contribution in [0.15, 0.2) is 77.7 Å². The van der Waals surface area contributed by atoms with Crippen molar-refractivity contribution < 1.29 is 14.7 Å². The maximum Gasteiger partial charge on any atom is 0.331 e. The minimum absolute atomic E-state index is 0.241. The Morgan fingerprint density at radius 1 is 1.08 bits per heavy atom. The fourth-order valence-corrected chi connectivity index (χ4v) is 3.83. The lowest BCUT2D eigenvalue weighted by Crippen LogP contribution is -2.37. The number of hydrogen-bond donors (Lipinski definition) is 1. The Labute approximate surface area is 160 Å². The topological polar surface area (TPSA) is 57.6 Å². The molecule has 26 heavy (non-hydrogen) atoms. The zero-order valence-electron chi connectivity index (χ0n) is 13.6. The van der Waals surface area contributed by atoms with Gasteiger partial charge in [-0.05, 0) is 17.2 Å². The number of carboxylic acid groups (broad SMARTS) is 1. The molecule has 0 aliphatic carbocycles. The summed E-state index contributed by atoms with van der Waals surface area (Å²) >= 11 is 6.39. The van der Waals surface area contributed by atoms with Gasteiger partial charge in [0, 0.05) is 0 Å². The van der Waals surface area contributed by atoms with E-state index in [1.165, 1.54) is 4.90 Å². The van der Waals surface area contributed by atoms with Gasteiger partial charge in [-0.25, -0.2) is 4.79 Å². The number of carbonyl (C=O) groups excluding carboxylic acids is 1. The molecule has 0 aromatic heterocycles. The summed E-state index contributed by atoms with van der Waals surface area (Å²) < 4.78 is 0.241. The number of benzene rings is 2. The number of allylic oxidation sites excluding steroid dienone is 2. The second kappa shape index (κ2) is 8.12. The molecule has 0 radical (unpaired) electrons. The van der Waals surface area contributed by atoms with Gasteiger partial charge in [-0.15, -0.1) is 0 Å². The normalized spacial score (nSPS) is 17.2. The van der Waals surface area contributed by atoms with E-state index in [1.54, 1.807) is 42.5 Å². The lowest BCUT2D eigenvalue weighted by Gasteiger charge is -2.23. The number of thioether (sulfide) groups is 1. The predicted molar refractivity (Wildman–Crippen MR) is 107 cm³/mol. The Bertz CT molecular complexity index is 892. The lowest BCUT2D eigenvalue weighted by atomic mass is 10.1. The SMILES string of the molecule is O=C(O)[C@@H](c1ccccc1)N1C(=O)C(=CC=Cc2ccccc2)SC1=S. The highest BCUT2D eigenvalue weighted by Crippen LogP contribution is 2.37. The number of carbonyl (C=O) groups is 2. The van der Waals surface area contributed by atoms with Gasteiger partial charge in [-0.1, -0.05) is 96.8 Å². The van der Waals surface area contributed by atoms with Crippen LogP contribution in [-0.2, 0) is 9.59 Å². The van der Waals surface area contributed by atoms with Gasteiger partial charge >= 0.3 is 5.97 Å². The van der Waals surface area contributed by atoms with E-state index in [9.17, 15) is 14.7 Å². The monoisotopic (exact) mass is 381 g/mol. The summed E-state index contributed by atoms with van der Waals surface area (Å²) in [6, 6.07) is 17.2. The highest BCUT2D eigenvalue weighted by atomic mass is 32.2. The van der Waals surface area contributed by atoms with Gasteiger partial charge in [0.2, 0.25) is 0 Å². The van der Waals surface area contributed by atoms with E-state index < -0.39 is 17.9 Å². The first-order valence-corrected chi connectivity index (χ1v) is 9.07. The van der Waals surface area contributed by atoms with Crippen molar-refractivity contribution in [3.63, 3.8) is 0 Å². The number of nitrogens with zero attached hydrogens (tertiary/aromatic N) is 1. The molecule has 1 saturated heterocycles. The summed E-state index contributed by atoms with van der Waals surface area (Å²) in [5, 5.41) is 9.64. The number of aliphatic carboxylic acids is 1. The Hall–Kier alpha value is -2.70. The van der Waals surface area contributed by atoms with E-state index in [-0.39, 0.29) is 4.32 Å². The minimum atomic E-state index is -1.13. The van der Waals surface area contributed by atoms with Crippen LogP contribution >= 0.6 is 24.0 Å². The standard InChI is InChI=1S/C20H15NO3S2/c22-18-16(13-7-10-14-8-3-1-4-9-14)26-20(25)21(18)17(19(23)24)15-11-5-2-6-12-15/h1-13,17H,(H,23,24)/t17-/m1/s1. The molecule has 1 aliphatic rings. The molecule has 0 spiro atoms. The second-order valence-corrected chi connectivity index (χ2v) is 7.17. The van der Waals surface area contributed by atoms with E-state index in [1.807, 2.05) is 36.4 Å². The quantitative estimate of drug-likeness (QED) is 0.619. The van der Waals surface area contributed by atoms with Gasteiger partial charge in [0.25, 0.3) is 5.91 Å². The Morgan fingerprint density at radius 3 is 2.31 bits per heavy atom. The maximum absolute atomic E-state index is 12.7. The third kappa shape index (κ3) is 3.92. The van der Waals surface area contributed by atoms with Gasteiger partial charge in [0.05, 0.1) is 4.91 Å². The van der Waals surface area contributed by atoms with E-state index in [2.05, 4.69) is 0 Å². The number of hydrogen-bond acceptors (Lipinski definition) is 4. The van der Waals surface area contributed by atoms with Crippen molar-refractivity contribution in [2.75, 3.05) is 0 Å². The van der Waals surface area contributed by atoms with Crippen LogP contribution in [-0.4, -0.2) is 26.2 Å². The smallest absolute Gasteiger partial charge is 0.331 e. The summed E-state index contributed by atoms with van der Waals surface area (Å²) in [5.74, 6) is -1.51. The summed E-state index contributed by atoms with van der Waals surface area (Å²) in [6.07, 6.45) is 5.30. The molecule has 130 valence electrons. The summed E-state index contributed by atoms with van der Waals surface area (Å²) in [4.78, 5) is 26.1. The fraction of sp³-hybridized carbons (Fsp3) is 0.0500. The van der Waals surface area contributed by atoms with Crippen molar-refractivity contribution in [2.24, 2.45) is 0 Å². The minimum Gasteiger partial charge on any atom is -0.479 e. The molecule has 1 heterocycles. The van der Waals surface area contributed by atoms with Crippen molar-refractivity contribution in [3.05, 3.63) is 88.8 Å². The van der Waals surface area contributed by atoms with Crippen LogP contribution in [0.5, 0.6) is 0 Å². The third-order valence-electron chi connectivity index (χ3n) is 3.77. The zero-order valence-corrected chi connectivity index (χ0v) is 15.2. The molecule has 1 atom stereocenters. The van der Waals surface area contributed by atoms with E-state index in [0.717, 1.165) is 17.3 Å². The highest BCUT2D eigenvalue weighted by molar-refractivity contribution is 8.26. The van der Waals surface area contributed by atoms with Crippen molar-refractivity contribution >= 4 is 46.3 Å². The molecular weight excluding hydrogens is 366 g/mol. The first-order chi connectivity index (χ1) is 12.6. The van der Waals surface area contributed by atoms with Crippen molar-refractivity contribution in [1.82, 2.24) is 4.90 Å². The number of amides is 1. The first-order valence-electron chi connectivity index (χ1n) is 7.84. The molecule has 1 aliphatic heterocycles. The van der Waals surface area contributed by atoms with Crippen LogP contribution in [0.25, 0.3) is 6.08 Å². The van der Waals surface area contributed by atoms with Crippen LogP contribution in [0.1, 0.15) is 17.2 Å². The third-order valence-corrected chi connectivity index (χ3v) is 5.12. The Morgan fingerprint density at radius 2 is 1.69 bits per heavy atom. The van der Waals surface area contributed by atoms with Crippen LogP contribution in [0.2, 0.25) is 0 Å².